The number of nitrogens with zero attached hydrogens (tertiary/aromatic N) is 1. The number of nitrogens with one attached hydrogen (secondary N) is 1. The molecule has 1 saturated carbocycles. The average Bonchev–Trinajstić information content (AvgIpc) is 3.19. The van der Waals surface area contributed by atoms with E-state index < -0.39 is 0 Å². The molecule has 1 aromatic carbocycles. The van der Waals surface area contributed by atoms with Crippen LogP contribution in [-0.2, 0) is 4.79 Å². The molecule has 23 heavy (non-hydrogen) atoms. The van der Waals surface area contributed by atoms with Crippen molar-refractivity contribution in [3.05, 3.63) is 46.4 Å². The van der Waals surface area contributed by atoms with Crippen molar-refractivity contribution in [1.29, 1.82) is 0 Å². The standard InChI is InChI=1S/C18H20N2OS2/c1-13-19-14(12-22-13)10-11-18(21)20-16-8-4-5-9-17(16)23-15-6-2-3-7-15/h4-5,8-12,15H,2-3,6-7H2,1H3,(H,20,21)/b11-10+. The lowest BCUT2D eigenvalue weighted by Gasteiger charge is -2.13. The largest absolute Gasteiger partial charge is 0.321 e. The molecule has 1 heterocycles. The van der Waals surface area contributed by atoms with Crippen molar-refractivity contribution in [2.24, 2.45) is 0 Å². The Labute approximate surface area is 145 Å². The molecule has 0 aliphatic heterocycles. The second kappa shape index (κ2) is 7.79. The van der Waals surface area contributed by atoms with Crippen LogP contribution in [0.1, 0.15) is 36.4 Å². The van der Waals surface area contributed by atoms with Crippen LogP contribution in [0.5, 0.6) is 0 Å². The third kappa shape index (κ3) is 4.69. The summed E-state index contributed by atoms with van der Waals surface area (Å²) in [5.41, 5.74) is 1.73. The third-order valence-corrected chi connectivity index (χ3v) is 5.99. The molecule has 2 aromatic rings. The van der Waals surface area contributed by atoms with Gasteiger partial charge in [-0.25, -0.2) is 4.98 Å². The molecule has 0 radical (unpaired) electrons. The zero-order valence-corrected chi connectivity index (χ0v) is 14.8. The second-order valence-corrected chi connectivity index (χ2v) is 8.04. The maximum atomic E-state index is 12.2. The van der Waals surface area contributed by atoms with Crippen molar-refractivity contribution < 1.29 is 4.79 Å². The summed E-state index contributed by atoms with van der Waals surface area (Å²) in [7, 11) is 0. The minimum atomic E-state index is -0.116. The molecule has 1 aromatic heterocycles. The Morgan fingerprint density at radius 2 is 2.13 bits per heavy atom. The van der Waals surface area contributed by atoms with E-state index in [4.69, 9.17) is 0 Å². The zero-order valence-electron chi connectivity index (χ0n) is 13.1. The highest BCUT2D eigenvalue weighted by molar-refractivity contribution is 8.00. The van der Waals surface area contributed by atoms with Gasteiger partial charge in [0, 0.05) is 21.6 Å². The number of aromatic nitrogens is 1. The molecule has 0 atom stereocenters. The molecule has 0 saturated heterocycles. The minimum Gasteiger partial charge on any atom is -0.321 e. The van der Waals surface area contributed by atoms with Crippen LogP contribution >= 0.6 is 23.1 Å². The molecule has 1 aliphatic carbocycles. The average molecular weight is 345 g/mol. The first-order valence-corrected chi connectivity index (χ1v) is 9.63. The van der Waals surface area contributed by atoms with Crippen LogP contribution in [0.3, 0.4) is 0 Å². The van der Waals surface area contributed by atoms with Gasteiger partial charge < -0.3 is 5.32 Å². The number of thioether (sulfide) groups is 1. The lowest BCUT2D eigenvalue weighted by molar-refractivity contribution is -0.111. The number of anilines is 1. The second-order valence-electron chi connectivity index (χ2n) is 5.63. The fourth-order valence-corrected chi connectivity index (χ4v) is 4.56. The molecule has 3 nitrogen and oxygen atoms in total. The van der Waals surface area contributed by atoms with E-state index in [1.165, 1.54) is 25.7 Å². The van der Waals surface area contributed by atoms with E-state index in [0.29, 0.717) is 5.25 Å². The molecule has 120 valence electrons. The van der Waals surface area contributed by atoms with Crippen molar-refractivity contribution in [3.8, 4) is 0 Å². The summed E-state index contributed by atoms with van der Waals surface area (Å²) in [4.78, 5) is 17.6. The maximum absolute atomic E-state index is 12.2. The molecule has 1 aliphatic rings. The van der Waals surface area contributed by atoms with Gasteiger partial charge in [-0.1, -0.05) is 25.0 Å². The number of carbonyl (C=O) groups is 1. The Hall–Kier alpha value is -1.59. The Balaban J connectivity index is 1.64. The fraction of sp³-hybridized carbons (Fsp3) is 0.333. The summed E-state index contributed by atoms with van der Waals surface area (Å²) < 4.78 is 0. The van der Waals surface area contributed by atoms with Gasteiger partial charge in [-0.2, -0.15) is 0 Å². The van der Waals surface area contributed by atoms with Gasteiger partial charge in [0.15, 0.2) is 0 Å². The molecule has 3 rings (SSSR count). The summed E-state index contributed by atoms with van der Waals surface area (Å²) in [6.07, 6.45) is 8.49. The molecular formula is C18H20N2OS2. The van der Waals surface area contributed by atoms with Gasteiger partial charge >= 0.3 is 0 Å². The molecule has 1 fully saturated rings. The number of amides is 1. The number of hydrogen-bond donors (Lipinski definition) is 1. The first-order chi connectivity index (χ1) is 11.2. The van der Waals surface area contributed by atoms with Crippen LogP contribution in [0.25, 0.3) is 6.08 Å². The summed E-state index contributed by atoms with van der Waals surface area (Å²) in [6, 6.07) is 8.05. The summed E-state index contributed by atoms with van der Waals surface area (Å²) in [6.45, 7) is 1.96. The van der Waals surface area contributed by atoms with E-state index in [1.807, 2.05) is 42.3 Å². The van der Waals surface area contributed by atoms with Crippen molar-refractivity contribution in [3.63, 3.8) is 0 Å². The van der Waals surface area contributed by atoms with Gasteiger partial charge in [-0.15, -0.1) is 23.1 Å². The van der Waals surface area contributed by atoms with Crippen molar-refractivity contribution in [1.82, 2.24) is 4.98 Å². The maximum Gasteiger partial charge on any atom is 0.248 e. The van der Waals surface area contributed by atoms with Gasteiger partial charge in [-0.05, 0) is 38.0 Å². The normalized spacial score (nSPS) is 15.3. The number of hydrogen-bond acceptors (Lipinski definition) is 4. The van der Waals surface area contributed by atoms with Gasteiger partial charge in [-0.3, -0.25) is 4.79 Å². The topological polar surface area (TPSA) is 42.0 Å². The van der Waals surface area contributed by atoms with E-state index in [-0.39, 0.29) is 5.91 Å². The van der Waals surface area contributed by atoms with Crippen molar-refractivity contribution in [2.75, 3.05) is 5.32 Å². The molecule has 1 amide bonds. The van der Waals surface area contributed by atoms with Crippen LogP contribution in [0.4, 0.5) is 5.69 Å². The number of thiazole rings is 1. The first kappa shape index (κ1) is 16.3. The fourth-order valence-electron chi connectivity index (χ4n) is 2.65. The van der Waals surface area contributed by atoms with Crippen molar-refractivity contribution in [2.45, 2.75) is 42.8 Å². The molecule has 5 heteroatoms. The van der Waals surface area contributed by atoms with Gasteiger partial charge in [0.2, 0.25) is 5.91 Å². The lowest BCUT2D eigenvalue weighted by Crippen LogP contribution is -2.09. The number of benzene rings is 1. The molecule has 0 bridgehead atoms. The van der Waals surface area contributed by atoms with Crippen LogP contribution in [0.15, 0.2) is 40.6 Å². The van der Waals surface area contributed by atoms with Crippen LogP contribution in [0, 0.1) is 6.92 Å². The predicted molar refractivity (Wildman–Crippen MR) is 99.1 cm³/mol. The highest BCUT2D eigenvalue weighted by atomic mass is 32.2. The van der Waals surface area contributed by atoms with Crippen LogP contribution in [-0.4, -0.2) is 16.1 Å². The molecular weight excluding hydrogens is 324 g/mol. The van der Waals surface area contributed by atoms with Crippen LogP contribution in [0.2, 0.25) is 0 Å². The van der Waals surface area contributed by atoms with Gasteiger partial charge in [0.1, 0.15) is 0 Å². The summed E-state index contributed by atoms with van der Waals surface area (Å²) in [5.74, 6) is -0.116. The smallest absolute Gasteiger partial charge is 0.248 e. The molecule has 1 N–H and O–H groups in total. The quantitative estimate of drug-likeness (QED) is 0.764. The predicted octanol–water partition coefficient (Wildman–Crippen LogP) is 5.14. The van der Waals surface area contributed by atoms with Crippen LogP contribution < -0.4 is 5.32 Å². The monoisotopic (exact) mass is 344 g/mol. The number of rotatable bonds is 5. The lowest BCUT2D eigenvalue weighted by atomic mass is 10.3. The number of para-hydroxylation sites is 1. The molecule has 0 spiro atoms. The molecule has 0 unspecified atom stereocenters. The first-order valence-electron chi connectivity index (χ1n) is 7.87. The Bertz CT molecular complexity index is 703. The Kier molecular flexibility index (Phi) is 5.51. The Morgan fingerprint density at radius 1 is 1.35 bits per heavy atom. The minimum absolute atomic E-state index is 0.116. The highest BCUT2D eigenvalue weighted by Gasteiger charge is 2.17. The summed E-state index contributed by atoms with van der Waals surface area (Å²) >= 11 is 3.47. The van der Waals surface area contributed by atoms with E-state index in [0.717, 1.165) is 21.3 Å². The van der Waals surface area contributed by atoms with E-state index >= 15 is 0 Å². The SMILES string of the molecule is Cc1nc(/C=C/C(=O)Nc2ccccc2SC2CCCC2)cs1. The van der Waals surface area contributed by atoms with Crippen molar-refractivity contribution >= 4 is 40.8 Å². The summed E-state index contributed by atoms with van der Waals surface area (Å²) in [5, 5.41) is 6.62. The van der Waals surface area contributed by atoms with Gasteiger partial charge in [0.05, 0.1) is 16.4 Å². The van der Waals surface area contributed by atoms with E-state index in [1.54, 1.807) is 23.5 Å². The Morgan fingerprint density at radius 3 is 2.87 bits per heavy atom. The number of carbonyl (C=O) groups excluding carboxylic acids is 1. The highest BCUT2D eigenvalue weighted by Crippen LogP contribution is 2.37. The van der Waals surface area contributed by atoms with E-state index in [9.17, 15) is 4.79 Å². The zero-order chi connectivity index (χ0) is 16.1. The third-order valence-electron chi connectivity index (χ3n) is 3.78. The van der Waals surface area contributed by atoms with E-state index in [2.05, 4.69) is 16.4 Å². The number of aryl methyl sites for hydroxylation is 1. The van der Waals surface area contributed by atoms with Gasteiger partial charge in [0.25, 0.3) is 0 Å².